The van der Waals surface area contributed by atoms with Crippen LogP contribution in [0.15, 0.2) is 23.1 Å². The Kier molecular flexibility index (Phi) is 6.01. The van der Waals surface area contributed by atoms with E-state index in [9.17, 15) is 8.42 Å². The summed E-state index contributed by atoms with van der Waals surface area (Å²) >= 11 is 0. The molecule has 24 heavy (non-hydrogen) atoms. The van der Waals surface area contributed by atoms with Crippen LogP contribution < -0.4 is 0 Å². The SMILES string of the molecule is CCCn1c(CN(CC)CC)nc2cc(S(=O)(=O)N(C)C)ccc21. The standard InChI is InChI=1S/C17H28N4O2S/c1-6-11-21-16-10-9-14(24(22,23)19(4)5)12-15(16)18-17(21)13-20(7-2)8-3/h9-10,12H,6-8,11,13H2,1-5H3. The lowest BCUT2D eigenvalue weighted by molar-refractivity contribution is 0.284. The molecule has 0 aliphatic heterocycles. The zero-order valence-corrected chi connectivity index (χ0v) is 16.1. The van der Waals surface area contributed by atoms with Crippen LogP contribution >= 0.6 is 0 Å². The lowest BCUT2D eigenvalue weighted by atomic mass is 10.3. The molecule has 0 N–H and O–H groups in total. The minimum Gasteiger partial charge on any atom is -0.327 e. The molecule has 134 valence electrons. The van der Waals surface area contributed by atoms with Crippen molar-refractivity contribution in [3.8, 4) is 0 Å². The molecule has 0 amide bonds. The predicted molar refractivity (Wildman–Crippen MR) is 97.5 cm³/mol. The van der Waals surface area contributed by atoms with Crippen molar-refractivity contribution < 1.29 is 8.42 Å². The van der Waals surface area contributed by atoms with Gasteiger partial charge in [-0.05, 0) is 37.7 Å². The van der Waals surface area contributed by atoms with Crippen molar-refractivity contribution in [3.63, 3.8) is 0 Å². The van der Waals surface area contributed by atoms with E-state index in [0.29, 0.717) is 0 Å². The summed E-state index contributed by atoms with van der Waals surface area (Å²) < 4.78 is 28.1. The third-order valence-electron chi connectivity index (χ3n) is 4.28. The maximum absolute atomic E-state index is 12.3. The molecule has 1 aromatic heterocycles. The van der Waals surface area contributed by atoms with Crippen molar-refractivity contribution >= 4 is 21.1 Å². The van der Waals surface area contributed by atoms with Gasteiger partial charge in [-0.25, -0.2) is 17.7 Å². The van der Waals surface area contributed by atoms with E-state index in [1.165, 1.54) is 4.31 Å². The van der Waals surface area contributed by atoms with Crippen molar-refractivity contribution in [1.29, 1.82) is 0 Å². The quantitative estimate of drug-likeness (QED) is 0.732. The minimum absolute atomic E-state index is 0.288. The van der Waals surface area contributed by atoms with E-state index in [0.717, 1.165) is 49.5 Å². The molecule has 0 unspecified atom stereocenters. The van der Waals surface area contributed by atoms with Crippen LogP contribution in [0, 0.1) is 0 Å². The van der Waals surface area contributed by atoms with E-state index >= 15 is 0 Å². The van der Waals surface area contributed by atoms with Crippen LogP contribution in [0.2, 0.25) is 0 Å². The normalized spacial score (nSPS) is 12.6. The van der Waals surface area contributed by atoms with E-state index in [1.807, 2.05) is 6.07 Å². The van der Waals surface area contributed by atoms with Gasteiger partial charge in [-0.15, -0.1) is 0 Å². The van der Waals surface area contributed by atoms with Crippen molar-refractivity contribution in [3.05, 3.63) is 24.0 Å². The van der Waals surface area contributed by atoms with Crippen molar-refractivity contribution in [2.45, 2.75) is 45.2 Å². The lowest BCUT2D eigenvalue weighted by Crippen LogP contribution is -2.24. The first kappa shape index (κ1) is 18.9. The average Bonchev–Trinajstić information content (AvgIpc) is 2.89. The number of hydrogen-bond donors (Lipinski definition) is 0. The predicted octanol–water partition coefficient (Wildman–Crippen LogP) is 2.54. The van der Waals surface area contributed by atoms with Gasteiger partial charge in [-0.1, -0.05) is 20.8 Å². The van der Waals surface area contributed by atoms with E-state index in [-0.39, 0.29) is 4.90 Å². The fourth-order valence-electron chi connectivity index (χ4n) is 2.77. The summed E-state index contributed by atoms with van der Waals surface area (Å²) in [6, 6.07) is 5.23. The summed E-state index contributed by atoms with van der Waals surface area (Å²) in [5.74, 6) is 0.995. The first-order valence-electron chi connectivity index (χ1n) is 8.49. The molecule has 0 saturated heterocycles. The van der Waals surface area contributed by atoms with E-state index < -0.39 is 10.0 Å². The number of rotatable bonds is 8. The van der Waals surface area contributed by atoms with E-state index in [4.69, 9.17) is 4.98 Å². The summed E-state index contributed by atoms with van der Waals surface area (Å²) in [6.07, 6.45) is 1.01. The van der Waals surface area contributed by atoms with Crippen LogP contribution in [-0.2, 0) is 23.1 Å². The molecule has 6 nitrogen and oxygen atoms in total. The molecule has 0 aliphatic carbocycles. The molecule has 0 atom stereocenters. The molecule has 1 heterocycles. The van der Waals surface area contributed by atoms with Gasteiger partial charge in [0.25, 0.3) is 0 Å². The molecule has 0 aliphatic rings. The smallest absolute Gasteiger partial charge is 0.242 e. The Balaban J connectivity index is 2.54. The van der Waals surface area contributed by atoms with Gasteiger partial charge in [-0.2, -0.15) is 0 Å². The number of aromatic nitrogens is 2. The number of benzene rings is 1. The number of fused-ring (bicyclic) bond motifs is 1. The van der Waals surface area contributed by atoms with Gasteiger partial charge in [0.15, 0.2) is 0 Å². The molecule has 0 radical (unpaired) electrons. The molecule has 0 spiro atoms. The highest BCUT2D eigenvalue weighted by Gasteiger charge is 2.20. The van der Waals surface area contributed by atoms with Gasteiger partial charge in [0, 0.05) is 20.6 Å². The van der Waals surface area contributed by atoms with Gasteiger partial charge in [-0.3, -0.25) is 4.90 Å². The first-order valence-corrected chi connectivity index (χ1v) is 9.93. The second-order valence-electron chi connectivity index (χ2n) is 6.08. The molecule has 0 fully saturated rings. The first-order chi connectivity index (χ1) is 11.3. The Morgan fingerprint density at radius 1 is 1.12 bits per heavy atom. The van der Waals surface area contributed by atoms with Crippen LogP contribution in [0.3, 0.4) is 0 Å². The number of nitrogens with zero attached hydrogens (tertiary/aromatic N) is 4. The highest BCUT2D eigenvalue weighted by Crippen LogP contribution is 2.23. The van der Waals surface area contributed by atoms with Crippen molar-refractivity contribution in [2.24, 2.45) is 0 Å². The topological polar surface area (TPSA) is 58.4 Å². The van der Waals surface area contributed by atoms with Gasteiger partial charge < -0.3 is 4.57 Å². The van der Waals surface area contributed by atoms with Crippen LogP contribution in [0.25, 0.3) is 11.0 Å². The third-order valence-corrected chi connectivity index (χ3v) is 6.10. The number of sulfonamides is 1. The summed E-state index contributed by atoms with van der Waals surface area (Å²) in [7, 11) is -0.358. The van der Waals surface area contributed by atoms with Crippen LogP contribution in [0.4, 0.5) is 0 Å². The zero-order valence-electron chi connectivity index (χ0n) is 15.3. The summed E-state index contributed by atoms with van der Waals surface area (Å²) in [6.45, 7) is 10.00. The van der Waals surface area contributed by atoms with Gasteiger partial charge >= 0.3 is 0 Å². The largest absolute Gasteiger partial charge is 0.327 e. The molecule has 7 heteroatoms. The summed E-state index contributed by atoms with van der Waals surface area (Å²) in [5, 5.41) is 0. The second kappa shape index (κ2) is 7.63. The monoisotopic (exact) mass is 352 g/mol. The van der Waals surface area contributed by atoms with Gasteiger partial charge in [0.05, 0.1) is 22.5 Å². The molecular weight excluding hydrogens is 324 g/mol. The minimum atomic E-state index is -3.44. The second-order valence-corrected chi connectivity index (χ2v) is 8.23. The number of imidazole rings is 1. The van der Waals surface area contributed by atoms with Crippen LogP contribution in [-0.4, -0.2) is 54.4 Å². The number of hydrogen-bond acceptors (Lipinski definition) is 4. The molecule has 0 bridgehead atoms. The van der Waals surface area contributed by atoms with Crippen LogP contribution in [0.1, 0.15) is 33.0 Å². The average molecular weight is 353 g/mol. The molecule has 2 rings (SSSR count). The maximum Gasteiger partial charge on any atom is 0.242 e. The fraction of sp³-hybridized carbons (Fsp3) is 0.588. The molecule has 2 aromatic rings. The Morgan fingerprint density at radius 2 is 1.79 bits per heavy atom. The highest BCUT2D eigenvalue weighted by atomic mass is 32.2. The summed E-state index contributed by atoms with van der Waals surface area (Å²) in [4.78, 5) is 7.34. The Bertz CT molecular complexity index is 792. The lowest BCUT2D eigenvalue weighted by Gasteiger charge is -2.18. The van der Waals surface area contributed by atoms with E-state index in [2.05, 4.69) is 30.2 Å². The number of aryl methyl sites for hydroxylation is 1. The molecular formula is C17H28N4O2S. The fourth-order valence-corrected chi connectivity index (χ4v) is 3.69. The van der Waals surface area contributed by atoms with Gasteiger partial charge in [0.1, 0.15) is 5.82 Å². The highest BCUT2D eigenvalue weighted by molar-refractivity contribution is 7.89. The Labute approximate surface area is 145 Å². The Morgan fingerprint density at radius 3 is 2.33 bits per heavy atom. The zero-order chi connectivity index (χ0) is 17.9. The van der Waals surface area contributed by atoms with Crippen molar-refractivity contribution in [2.75, 3.05) is 27.2 Å². The third kappa shape index (κ3) is 3.63. The molecule has 0 saturated carbocycles. The summed E-state index contributed by atoms with van der Waals surface area (Å²) in [5.41, 5.74) is 1.74. The Hall–Kier alpha value is -1.44. The maximum atomic E-state index is 12.3. The van der Waals surface area contributed by atoms with Crippen LogP contribution in [0.5, 0.6) is 0 Å². The molecule has 1 aromatic carbocycles. The van der Waals surface area contributed by atoms with Gasteiger partial charge in [0.2, 0.25) is 10.0 Å². The van der Waals surface area contributed by atoms with Crippen molar-refractivity contribution in [1.82, 2.24) is 18.8 Å². The van der Waals surface area contributed by atoms with E-state index in [1.54, 1.807) is 26.2 Å².